The maximum absolute atomic E-state index is 4.63. The Morgan fingerprint density at radius 1 is 1.00 bits per heavy atom. The fourth-order valence-corrected chi connectivity index (χ4v) is 2.30. The number of halogens is 1. The van der Waals surface area contributed by atoms with Gasteiger partial charge >= 0.3 is 0 Å². The van der Waals surface area contributed by atoms with Gasteiger partial charge in [-0.1, -0.05) is 44.2 Å². The first-order chi connectivity index (χ1) is 10.8. The van der Waals surface area contributed by atoms with E-state index in [4.69, 9.17) is 0 Å². The highest BCUT2D eigenvalue weighted by Gasteiger charge is 2.00. The van der Waals surface area contributed by atoms with Gasteiger partial charge in [-0.3, -0.25) is 0 Å². The van der Waals surface area contributed by atoms with Crippen molar-refractivity contribution >= 4 is 29.9 Å². The molecule has 0 aliphatic rings. The number of hydrogen-bond acceptors (Lipinski definition) is 2. The molecule has 0 aliphatic heterocycles. The van der Waals surface area contributed by atoms with E-state index in [9.17, 15) is 0 Å². The van der Waals surface area contributed by atoms with Crippen molar-refractivity contribution < 1.29 is 0 Å². The molecule has 0 aromatic heterocycles. The van der Waals surface area contributed by atoms with Crippen molar-refractivity contribution in [2.24, 2.45) is 4.99 Å². The number of unbranched alkanes of at least 4 members (excludes halogenated alkanes) is 1. The van der Waals surface area contributed by atoms with Gasteiger partial charge in [-0.05, 0) is 45.0 Å². The third kappa shape index (κ3) is 10.5. The number of guanidine groups is 1. The van der Waals surface area contributed by atoms with Gasteiger partial charge in [0, 0.05) is 13.1 Å². The quantitative estimate of drug-likeness (QED) is 0.257. The second-order valence-electron chi connectivity index (χ2n) is 5.34. The molecule has 0 spiro atoms. The SMILES string of the molecule is CCNC(=NCc1ccccc1)NCCCCN(CC)CC.I. The molecule has 0 saturated carbocycles. The minimum absolute atomic E-state index is 0. The van der Waals surface area contributed by atoms with Gasteiger partial charge in [0.25, 0.3) is 0 Å². The highest BCUT2D eigenvalue weighted by atomic mass is 127. The maximum atomic E-state index is 4.63. The van der Waals surface area contributed by atoms with Crippen LogP contribution in [-0.4, -0.2) is 43.6 Å². The summed E-state index contributed by atoms with van der Waals surface area (Å²) in [5, 5.41) is 6.72. The first-order valence-corrected chi connectivity index (χ1v) is 8.58. The molecule has 0 heterocycles. The fourth-order valence-electron chi connectivity index (χ4n) is 2.30. The van der Waals surface area contributed by atoms with Crippen LogP contribution in [0.4, 0.5) is 0 Å². The summed E-state index contributed by atoms with van der Waals surface area (Å²) >= 11 is 0. The van der Waals surface area contributed by atoms with Gasteiger partial charge in [0.15, 0.2) is 5.96 Å². The van der Waals surface area contributed by atoms with Crippen molar-refractivity contribution in [1.29, 1.82) is 0 Å². The Hall–Kier alpha value is -0.820. The number of nitrogens with zero attached hydrogens (tertiary/aromatic N) is 2. The summed E-state index contributed by atoms with van der Waals surface area (Å²) in [6.45, 7) is 12.6. The van der Waals surface area contributed by atoms with Gasteiger partial charge < -0.3 is 15.5 Å². The molecular formula is C18H33IN4. The summed E-state index contributed by atoms with van der Waals surface area (Å²) in [7, 11) is 0. The minimum atomic E-state index is 0. The van der Waals surface area contributed by atoms with Crippen LogP contribution in [0.5, 0.6) is 0 Å². The minimum Gasteiger partial charge on any atom is -0.357 e. The molecular weight excluding hydrogens is 399 g/mol. The van der Waals surface area contributed by atoms with Gasteiger partial charge in [0.1, 0.15) is 0 Å². The predicted octanol–water partition coefficient (Wildman–Crippen LogP) is 3.48. The van der Waals surface area contributed by atoms with Crippen molar-refractivity contribution in [3.05, 3.63) is 35.9 Å². The molecule has 0 fully saturated rings. The third-order valence-electron chi connectivity index (χ3n) is 3.69. The van der Waals surface area contributed by atoms with E-state index in [1.165, 1.54) is 24.9 Å². The van der Waals surface area contributed by atoms with E-state index in [0.29, 0.717) is 0 Å². The molecule has 1 rings (SSSR count). The Kier molecular flexibility index (Phi) is 14.2. The molecule has 23 heavy (non-hydrogen) atoms. The van der Waals surface area contributed by atoms with Crippen LogP contribution >= 0.6 is 24.0 Å². The second-order valence-corrected chi connectivity index (χ2v) is 5.34. The Labute approximate surface area is 159 Å². The maximum Gasteiger partial charge on any atom is 0.191 e. The fraction of sp³-hybridized carbons (Fsp3) is 0.611. The van der Waals surface area contributed by atoms with Crippen LogP contribution in [0.25, 0.3) is 0 Å². The Morgan fingerprint density at radius 3 is 2.30 bits per heavy atom. The van der Waals surface area contributed by atoms with Crippen molar-refractivity contribution in [2.75, 3.05) is 32.7 Å². The molecule has 0 atom stereocenters. The van der Waals surface area contributed by atoms with E-state index in [0.717, 1.165) is 38.7 Å². The smallest absolute Gasteiger partial charge is 0.191 e. The average molecular weight is 432 g/mol. The zero-order valence-corrected chi connectivity index (χ0v) is 17.2. The van der Waals surface area contributed by atoms with Crippen molar-refractivity contribution in [2.45, 2.75) is 40.2 Å². The Bertz CT molecular complexity index is 405. The lowest BCUT2D eigenvalue weighted by atomic mass is 10.2. The number of rotatable bonds is 10. The Balaban J connectivity index is 0.00000484. The zero-order chi connectivity index (χ0) is 16.0. The third-order valence-corrected chi connectivity index (χ3v) is 3.69. The van der Waals surface area contributed by atoms with Crippen LogP contribution in [-0.2, 0) is 6.54 Å². The normalized spacial score (nSPS) is 11.2. The first-order valence-electron chi connectivity index (χ1n) is 8.58. The molecule has 2 N–H and O–H groups in total. The van der Waals surface area contributed by atoms with Gasteiger partial charge in [0.2, 0.25) is 0 Å². The van der Waals surface area contributed by atoms with Crippen molar-refractivity contribution in [3.8, 4) is 0 Å². The van der Waals surface area contributed by atoms with Crippen LogP contribution in [0.15, 0.2) is 35.3 Å². The monoisotopic (exact) mass is 432 g/mol. The van der Waals surface area contributed by atoms with Crippen molar-refractivity contribution in [3.63, 3.8) is 0 Å². The molecule has 0 aliphatic carbocycles. The zero-order valence-electron chi connectivity index (χ0n) is 14.8. The average Bonchev–Trinajstić information content (AvgIpc) is 2.56. The van der Waals surface area contributed by atoms with Crippen LogP contribution in [0.1, 0.15) is 39.2 Å². The standard InChI is InChI=1S/C18H32N4.HI/c1-4-19-18(21-16-17-12-8-7-9-13-17)20-14-10-11-15-22(5-2)6-3;/h7-9,12-13H,4-6,10-11,14-16H2,1-3H3,(H2,19,20,21);1H. The second kappa shape index (κ2) is 14.8. The molecule has 1 aromatic rings. The molecule has 0 amide bonds. The summed E-state index contributed by atoms with van der Waals surface area (Å²) in [5.74, 6) is 0.911. The highest BCUT2D eigenvalue weighted by molar-refractivity contribution is 14.0. The van der Waals surface area contributed by atoms with Crippen LogP contribution in [0.3, 0.4) is 0 Å². The summed E-state index contributed by atoms with van der Waals surface area (Å²) in [6, 6.07) is 10.4. The van der Waals surface area contributed by atoms with Crippen LogP contribution in [0.2, 0.25) is 0 Å². The largest absolute Gasteiger partial charge is 0.357 e. The summed E-state index contributed by atoms with van der Waals surface area (Å²) in [6.07, 6.45) is 2.40. The Morgan fingerprint density at radius 2 is 1.70 bits per heavy atom. The van der Waals surface area contributed by atoms with Gasteiger partial charge in [-0.25, -0.2) is 4.99 Å². The molecule has 4 nitrogen and oxygen atoms in total. The van der Waals surface area contributed by atoms with E-state index in [2.05, 4.69) is 65.6 Å². The van der Waals surface area contributed by atoms with Gasteiger partial charge in [-0.15, -0.1) is 24.0 Å². The summed E-state index contributed by atoms with van der Waals surface area (Å²) in [5.41, 5.74) is 1.24. The predicted molar refractivity (Wildman–Crippen MR) is 112 cm³/mol. The van der Waals surface area contributed by atoms with Crippen molar-refractivity contribution in [1.82, 2.24) is 15.5 Å². The van der Waals surface area contributed by atoms with Crippen LogP contribution < -0.4 is 10.6 Å². The lowest BCUT2D eigenvalue weighted by Gasteiger charge is -2.18. The van der Waals surface area contributed by atoms with E-state index in [1.54, 1.807) is 0 Å². The van der Waals surface area contributed by atoms with E-state index in [-0.39, 0.29) is 24.0 Å². The molecule has 132 valence electrons. The van der Waals surface area contributed by atoms with Crippen LogP contribution in [0, 0.1) is 0 Å². The number of nitrogens with one attached hydrogen (secondary N) is 2. The summed E-state index contributed by atoms with van der Waals surface area (Å²) in [4.78, 5) is 7.10. The molecule has 0 unspecified atom stereocenters. The number of hydrogen-bond donors (Lipinski definition) is 2. The highest BCUT2D eigenvalue weighted by Crippen LogP contribution is 2.00. The topological polar surface area (TPSA) is 39.7 Å². The number of aliphatic imine (C=N–C) groups is 1. The summed E-state index contributed by atoms with van der Waals surface area (Å²) < 4.78 is 0. The lowest BCUT2D eigenvalue weighted by Crippen LogP contribution is -2.38. The molecule has 0 saturated heterocycles. The molecule has 0 bridgehead atoms. The molecule has 5 heteroatoms. The van der Waals surface area contributed by atoms with Gasteiger partial charge in [0.05, 0.1) is 6.54 Å². The van der Waals surface area contributed by atoms with E-state index < -0.39 is 0 Å². The van der Waals surface area contributed by atoms with E-state index in [1.807, 2.05) is 6.07 Å². The van der Waals surface area contributed by atoms with Gasteiger partial charge in [-0.2, -0.15) is 0 Å². The lowest BCUT2D eigenvalue weighted by molar-refractivity contribution is 0.297. The van der Waals surface area contributed by atoms with E-state index >= 15 is 0 Å². The molecule has 1 aromatic carbocycles. The molecule has 0 radical (unpaired) electrons. The first kappa shape index (κ1) is 22.2. The number of benzene rings is 1.